The van der Waals surface area contributed by atoms with Crippen molar-refractivity contribution in [3.63, 3.8) is 0 Å². The van der Waals surface area contributed by atoms with Gasteiger partial charge in [0.1, 0.15) is 5.60 Å². The molecule has 3 amide bonds. The van der Waals surface area contributed by atoms with Crippen molar-refractivity contribution in [2.24, 2.45) is 0 Å². The lowest BCUT2D eigenvalue weighted by Gasteiger charge is -2.42. The van der Waals surface area contributed by atoms with E-state index in [0.717, 1.165) is 5.69 Å². The summed E-state index contributed by atoms with van der Waals surface area (Å²) >= 11 is 0. The standard InChI is InChI=1S/C23H28FN5O3/c1-14-8-9-16(12-25-14)26-21(30)27-18-7-5-6-17(20(18)24)15(2)28-10-11-29-19(13-28)23(3,4)32-22(29)31/h5-9,12,15,19H,10-11,13H2,1-4H3,(H2,26,27,30)/t15?,19-/m0/s1. The molecular formula is C23H28FN5O3. The molecule has 2 N–H and O–H groups in total. The van der Waals surface area contributed by atoms with E-state index in [0.29, 0.717) is 30.9 Å². The number of ether oxygens (including phenoxy) is 1. The number of benzene rings is 1. The van der Waals surface area contributed by atoms with Crippen LogP contribution in [-0.4, -0.2) is 58.2 Å². The molecule has 9 heteroatoms. The van der Waals surface area contributed by atoms with E-state index in [2.05, 4.69) is 20.5 Å². The van der Waals surface area contributed by atoms with Gasteiger partial charge in [0.15, 0.2) is 5.82 Å². The van der Waals surface area contributed by atoms with Gasteiger partial charge in [-0.05, 0) is 45.9 Å². The number of nitrogens with one attached hydrogen (secondary N) is 2. The molecule has 32 heavy (non-hydrogen) atoms. The van der Waals surface area contributed by atoms with E-state index in [9.17, 15) is 9.59 Å². The fourth-order valence-electron chi connectivity index (χ4n) is 4.31. The molecule has 4 rings (SSSR count). The zero-order valence-electron chi connectivity index (χ0n) is 18.7. The van der Waals surface area contributed by atoms with Crippen LogP contribution in [-0.2, 0) is 4.74 Å². The van der Waals surface area contributed by atoms with Crippen LogP contribution in [0.2, 0.25) is 0 Å². The molecule has 2 aromatic rings. The van der Waals surface area contributed by atoms with Crippen LogP contribution in [0.4, 0.5) is 25.4 Å². The lowest BCUT2D eigenvalue weighted by Crippen LogP contribution is -2.56. The van der Waals surface area contributed by atoms with Crippen LogP contribution in [0.3, 0.4) is 0 Å². The zero-order valence-corrected chi connectivity index (χ0v) is 18.7. The van der Waals surface area contributed by atoms with Gasteiger partial charge >= 0.3 is 12.1 Å². The Morgan fingerprint density at radius 2 is 2.03 bits per heavy atom. The predicted molar refractivity (Wildman–Crippen MR) is 119 cm³/mol. The minimum Gasteiger partial charge on any atom is -0.441 e. The molecule has 2 aliphatic rings. The average Bonchev–Trinajstić information content (AvgIpc) is 2.98. The maximum absolute atomic E-state index is 15.3. The first kappa shape index (κ1) is 22.0. The summed E-state index contributed by atoms with van der Waals surface area (Å²) in [6.45, 7) is 9.31. The molecule has 0 bridgehead atoms. The van der Waals surface area contributed by atoms with E-state index in [1.807, 2.05) is 27.7 Å². The maximum atomic E-state index is 15.3. The summed E-state index contributed by atoms with van der Waals surface area (Å²) in [6, 6.07) is 7.61. The summed E-state index contributed by atoms with van der Waals surface area (Å²) in [5, 5.41) is 5.24. The van der Waals surface area contributed by atoms with Crippen molar-refractivity contribution in [2.45, 2.75) is 45.4 Å². The van der Waals surface area contributed by atoms with E-state index in [4.69, 9.17) is 4.74 Å². The Hall–Kier alpha value is -3.20. The molecule has 1 aromatic carbocycles. The number of fused-ring (bicyclic) bond motifs is 1. The molecule has 2 fully saturated rings. The summed E-state index contributed by atoms with van der Waals surface area (Å²) in [5.74, 6) is -0.474. The monoisotopic (exact) mass is 441 g/mol. The molecule has 1 aromatic heterocycles. The molecule has 1 unspecified atom stereocenters. The number of hydrogen-bond acceptors (Lipinski definition) is 5. The van der Waals surface area contributed by atoms with E-state index in [1.54, 1.807) is 35.4 Å². The minimum absolute atomic E-state index is 0.0931. The highest BCUT2D eigenvalue weighted by molar-refractivity contribution is 5.99. The van der Waals surface area contributed by atoms with Gasteiger partial charge in [0.2, 0.25) is 0 Å². The van der Waals surface area contributed by atoms with Crippen molar-refractivity contribution in [1.29, 1.82) is 0 Å². The maximum Gasteiger partial charge on any atom is 0.410 e. The summed E-state index contributed by atoms with van der Waals surface area (Å²) in [6.07, 6.45) is 1.25. The second-order valence-corrected chi connectivity index (χ2v) is 8.83. The third-order valence-corrected chi connectivity index (χ3v) is 6.24. The van der Waals surface area contributed by atoms with Gasteiger partial charge in [-0.15, -0.1) is 0 Å². The van der Waals surface area contributed by atoms with Crippen LogP contribution in [0.25, 0.3) is 0 Å². The number of rotatable bonds is 4. The van der Waals surface area contributed by atoms with Crippen molar-refractivity contribution in [2.75, 3.05) is 30.3 Å². The first-order chi connectivity index (χ1) is 15.2. The third kappa shape index (κ3) is 4.25. The smallest absolute Gasteiger partial charge is 0.410 e. The molecule has 170 valence electrons. The number of piperazine rings is 1. The molecule has 8 nitrogen and oxygen atoms in total. The number of carbonyl (C=O) groups excluding carboxylic acids is 2. The second kappa shape index (κ2) is 8.38. The van der Waals surface area contributed by atoms with Gasteiger partial charge in [-0.25, -0.2) is 14.0 Å². The molecule has 2 atom stereocenters. The van der Waals surface area contributed by atoms with Crippen LogP contribution in [0.15, 0.2) is 36.5 Å². The molecule has 2 aliphatic heterocycles. The number of aromatic nitrogens is 1. The number of amides is 3. The number of urea groups is 1. The Labute approximate surface area is 186 Å². The lowest BCUT2D eigenvalue weighted by molar-refractivity contribution is 0.0326. The number of aryl methyl sites for hydroxylation is 1. The fraction of sp³-hybridized carbons (Fsp3) is 0.435. The SMILES string of the molecule is Cc1ccc(NC(=O)Nc2cccc(C(C)N3CCN4C(=O)OC(C)(C)[C@@H]4C3)c2F)cn1. The first-order valence-corrected chi connectivity index (χ1v) is 10.7. The predicted octanol–water partition coefficient (Wildman–Crippen LogP) is 4.15. The Morgan fingerprint density at radius 1 is 1.25 bits per heavy atom. The number of pyridine rings is 1. The van der Waals surface area contributed by atoms with E-state index >= 15 is 4.39 Å². The van der Waals surface area contributed by atoms with Crippen LogP contribution in [0.5, 0.6) is 0 Å². The van der Waals surface area contributed by atoms with Crippen molar-refractivity contribution >= 4 is 23.5 Å². The summed E-state index contributed by atoms with van der Waals surface area (Å²) in [5.41, 5.74) is 1.34. The topological polar surface area (TPSA) is 86.8 Å². The number of anilines is 2. The molecule has 0 aliphatic carbocycles. The molecule has 0 radical (unpaired) electrons. The Bertz CT molecular complexity index is 1030. The zero-order chi connectivity index (χ0) is 23.0. The lowest BCUT2D eigenvalue weighted by atomic mass is 9.94. The highest BCUT2D eigenvalue weighted by Crippen LogP contribution is 2.35. The second-order valence-electron chi connectivity index (χ2n) is 8.83. The molecule has 0 spiro atoms. The number of hydrogen-bond donors (Lipinski definition) is 2. The van der Waals surface area contributed by atoms with Crippen molar-refractivity contribution in [3.8, 4) is 0 Å². The van der Waals surface area contributed by atoms with Gasteiger partial charge in [0, 0.05) is 36.9 Å². The van der Waals surface area contributed by atoms with E-state index < -0.39 is 17.4 Å². The van der Waals surface area contributed by atoms with E-state index in [-0.39, 0.29) is 23.9 Å². The highest BCUT2D eigenvalue weighted by atomic mass is 19.1. The molecular weight excluding hydrogens is 413 g/mol. The van der Waals surface area contributed by atoms with Gasteiger partial charge in [0.05, 0.1) is 23.6 Å². The highest BCUT2D eigenvalue weighted by Gasteiger charge is 2.50. The minimum atomic E-state index is -0.597. The van der Waals surface area contributed by atoms with Gasteiger partial charge in [-0.1, -0.05) is 12.1 Å². The Morgan fingerprint density at radius 3 is 2.75 bits per heavy atom. The molecule has 0 saturated carbocycles. The quantitative estimate of drug-likeness (QED) is 0.744. The van der Waals surface area contributed by atoms with Gasteiger partial charge in [-0.2, -0.15) is 0 Å². The number of cyclic esters (lactones) is 1. The summed E-state index contributed by atoms with van der Waals surface area (Å²) < 4.78 is 20.8. The van der Waals surface area contributed by atoms with Crippen LogP contribution < -0.4 is 10.6 Å². The summed E-state index contributed by atoms with van der Waals surface area (Å²) in [4.78, 5) is 32.5. The molecule has 3 heterocycles. The number of halogens is 1. The van der Waals surface area contributed by atoms with Crippen molar-refractivity contribution in [1.82, 2.24) is 14.8 Å². The van der Waals surface area contributed by atoms with Gasteiger partial charge in [0.25, 0.3) is 0 Å². The van der Waals surface area contributed by atoms with Crippen LogP contribution in [0.1, 0.15) is 38.1 Å². The van der Waals surface area contributed by atoms with E-state index in [1.165, 1.54) is 6.07 Å². The van der Waals surface area contributed by atoms with Gasteiger partial charge < -0.3 is 15.4 Å². The molecule has 2 saturated heterocycles. The number of nitrogens with zero attached hydrogens (tertiary/aromatic N) is 3. The largest absolute Gasteiger partial charge is 0.441 e. The Balaban J connectivity index is 1.46. The Kier molecular flexibility index (Phi) is 5.77. The van der Waals surface area contributed by atoms with Crippen molar-refractivity contribution < 1.29 is 18.7 Å². The fourth-order valence-corrected chi connectivity index (χ4v) is 4.31. The average molecular weight is 442 g/mol. The van der Waals surface area contributed by atoms with Crippen molar-refractivity contribution in [3.05, 3.63) is 53.6 Å². The first-order valence-electron chi connectivity index (χ1n) is 10.7. The van der Waals surface area contributed by atoms with Crippen LogP contribution in [0, 0.1) is 12.7 Å². The van der Waals surface area contributed by atoms with Gasteiger partial charge in [-0.3, -0.25) is 14.8 Å². The van der Waals surface area contributed by atoms with Crippen LogP contribution >= 0.6 is 0 Å². The summed E-state index contributed by atoms with van der Waals surface area (Å²) in [7, 11) is 0. The third-order valence-electron chi connectivity index (χ3n) is 6.24. The normalized spacial score (nSPS) is 21.0. The number of carbonyl (C=O) groups is 2.